The highest BCUT2D eigenvalue weighted by molar-refractivity contribution is 5.80. The van der Waals surface area contributed by atoms with Crippen LogP contribution in [0.3, 0.4) is 0 Å². The minimum Gasteiger partial charge on any atom is -0.454 e. The van der Waals surface area contributed by atoms with Gasteiger partial charge in [0.15, 0.2) is 12.4 Å². The van der Waals surface area contributed by atoms with Crippen LogP contribution >= 0.6 is 0 Å². The maximum atomic E-state index is 13.5. The summed E-state index contributed by atoms with van der Waals surface area (Å²) in [6.07, 6.45) is 64.8. The predicted molar refractivity (Wildman–Crippen MR) is 338 cm³/mol. The van der Waals surface area contributed by atoms with Crippen molar-refractivity contribution in [3.8, 4) is 0 Å². The molecule has 1 aliphatic rings. The topological polar surface area (TPSA) is 175 Å². The number of esters is 1. The van der Waals surface area contributed by atoms with E-state index in [0.29, 0.717) is 12.8 Å². The second-order valence-corrected chi connectivity index (χ2v) is 22.8. The van der Waals surface area contributed by atoms with Gasteiger partial charge in [-0.3, -0.25) is 9.59 Å². The van der Waals surface area contributed by atoms with Crippen LogP contribution in [0.5, 0.6) is 0 Å². The highest BCUT2D eigenvalue weighted by Gasteiger charge is 2.47. The van der Waals surface area contributed by atoms with Gasteiger partial charge < -0.3 is 45.1 Å². The second-order valence-electron chi connectivity index (χ2n) is 22.8. The van der Waals surface area contributed by atoms with Crippen molar-refractivity contribution in [1.29, 1.82) is 0 Å². The van der Waals surface area contributed by atoms with Gasteiger partial charge in [0.05, 0.1) is 25.4 Å². The van der Waals surface area contributed by atoms with E-state index in [4.69, 9.17) is 14.2 Å². The molecule has 468 valence electrons. The first kappa shape index (κ1) is 75.9. The van der Waals surface area contributed by atoms with Crippen LogP contribution in [0.2, 0.25) is 0 Å². The Labute approximate surface area is 495 Å². The van der Waals surface area contributed by atoms with Gasteiger partial charge in [-0.15, -0.1) is 0 Å². The van der Waals surface area contributed by atoms with Gasteiger partial charge in [-0.2, -0.15) is 0 Å². The van der Waals surface area contributed by atoms with E-state index in [-0.39, 0.29) is 19.4 Å². The van der Waals surface area contributed by atoms with Gasteiger partial charge in [0.25, 0.3) is 0 Å². The van der Waals surface area contributed by atoms with Crippen molar-refractivity contribution < 1.29 is 49.3 Å². The third-order valence-corrected chi connectivity index (χ3v) is 15.3. The van der Waals surface area contributed by atoms with Crippen molar-refractivity contribution in [3.05, 3.63) is 85.1 Å². The summed E-state index contributed by atoms with van der Waals surface area (Å²) < 4.78 is 17.6. The molecule has 0 bridgehead atoms. The highest BCUT2D eigenvalue weighted by Crippen LogP contribution is 2.26. The smallest absolute Gasteiger partial charge is 0.306 e. The van der Waals surface area contributed by atoms with E-state index in [1.54, 1.807) is 6.08 Å². The molecular formula is C70H123NO10. The lowest BCUT2D eigenvalue weighted by atomic mass is 9.99. The van der Waals surface area contributed by atoms with Gasteiger partial charge in [0, 0.05) is 6.42 Å². The van der Waals surface area contributed by atoms with Gasteiger partial charge in [0.2, 0.25) is 5.91 Å². The Morgan fingerprint density at radius 3 is 1.33 bits per heavy atom. The molecule has 1 rings (SSSR count). The van der Waals surface area contributed by atoms with E-state index in [0.717, 1.165) is 116 Å². The molecule has 1 heterocycles. The lowest BCUT2D eigenvalue weighted by Gasteiger charge is -2.41. The molecule has 0 aromatic rings. The molecule has 1 amide bonds. The summed E-state index contributed by atoms with van der Waals surface area (Å²) in [6.45, 7) is 5.68. The van der Waals surface area contributed by atoms with Crippen LogP contribution in [-0.4, -0.2) is 99.6 Å². The molecule has 0 radical (unpaired) electrons. The summed E-state index contributed by atoms with van der Waals surface area (Å²) in [4.78, 5) is 26.6. The normalized spacial score (nSPS) is 19.2. The Bertz CT molecular complexity index is 1640. The number of aliphatic hydroxyl groups excluding tert-OH is 5. The largest absolute Gasteiger partial charge is 0.454 e. The van der Waals surface area contributed by atoms with Gasteiger partial charge in [-0.1, -0.05) is 286 Å². The number of carbonyl (C=O) groups excluding carboxylic acids is 2. The van der Waals surface area contributed by atoms with E-state index in [1.165, 1.54) is 122 Å². The fourth-order valence-corrected chi connectivity index (χ4v) is 10.1. The van der Waals surface area contributed by atoms with E-state index >= 15 is 0 Å². The monoisotopic (exact) mass is 1140 g/mol. The van der Waals surface area contributed by atoms with Gasteiger partial charge in [-0.25, -0.2) is 0 Å². The molecule has 0 spiro atoms. The quantitative estimate of drug-likeness (QED) is 0.0195. The van der Waals surface area contributed by atoms with Crippen molar-refractivity contribution in [2.75, 3.05) is 13.2 Å². The summed E-state index contributed by atoms with van der Waals surface area (Å²) in [5.41, 5.74) is 0. The standard InChI is InChI=1S/C70H123NO10/c1-4-7-10-13-16-19-22-24-26-27-28-29-30-31-32-33-34-35-36-38-39-42-45-48-51-54-57-63(74)69(78)71-61(62(73)56-53-50-47-44-41-21-18-15-12-9-6-3)60-79-70-68(67(77)66(76)64(59-72)80-70)81-65(75)58-55-52-49-46-43-40-37-25-23-20-17-14-11-8-5-2/h7,10,16,19,24,26,28-29,31-32,34-35,53,56,61-64,66-68,70,72-74,76-77H,4-6,8-9,11-15,17-18,20-23,25,27,30,33,36-52,54-55,57-60H2,1-3H3,(H,71,78)/b10-7-,19-16-,26-24-,29-28-,32-31-,35-34-,56-53+. The number of allylic oxidation sites excluding steroid dienone is 13. The number of nitrogens with one attached hydrogen (secondary N) is 1. The first-order chi connectivity index (χ1) is 39.7. The Balaban J connectivity index is 2.60. The maximum absolute atomic E-state index is 13.5. The lowest BCUT2D eigenvalue weighted by molar-refractivity contribution is -0.305. The molecule has 11 nitrogen and oxygen atoms in total. The number of carbonyl (C=O) groups is 2. The zero-order chi connectivity index (χ0) is 58.9. The number of rotatable bonds is 56. The van der Waals surface area contributed by atoms with Crippen LogP contribution in [0.25, 0.3) is 0 Å². The molecule has 0 saturated carbocycles. The Kier molecular flexibility index (Phi) is 53.6. The first-order valence-electron chi connectivity index (χ1n) is 33.4. The average molecular weight is 1140 g/mol. The lowest BCUT2D eigenvalue weighted by Crippen LogP contribution is -2.61. The van der Waals surface area contributed by atoms with E-state index < -0.39 is 67.4 Å². The predicted octanol–water partition coefficient (Wildman–Crippen LogP) is 16.5. The van der Waals surface area contributed by atoms with Crippen LogP contribution in [0, 0.1) is 0 Å². The first-order valence-corrected chi connectivity index (χ1v) is 33.4. The number of aliphatic hydroxyl groups is 5. The zero-order valence-electron chi connectivity index (χ0n) is 51.9. The number of ether oxygens (including phenoxy) is 3. The summed E-state index contributed by atoms with van der Waals surface area (Å²) >= 11 is 0. The zero-order valence-corrected chi connectivity index (χ0v) is 51.9. The van der Waals surface area contributed by atoms with Crippen molar-refractivity contribution in [2.24, 2.45) is 0 Å². The summed E-state index contributed by atoms with van der Waals surface area (Å²) in [7, 11) is 0. The summed E-state index contributed by atoms with van der Waals surface area (Å²) in [6, 6.07) is -1.03. The molecule has 81 heavy (non-hydrogen) atoms. The third-order valence-electron chi connectivity index (χ3n) is 15.3. The minimum absolute atomic E-state index is 0.123. The second kappa shape index (κ2) is 57.3. The van der Waals surface area contributed by atoms with Crippen molar-refractivity contribution in [3.63, 3.8) is 0 Å². The molecule has 6 N–H and O–H groups in total. The molecule has 11 heteroatoms. The molecule has 0 aromatic carbocycles. The molecule has 1 aliphatic heterocycles. The Morgan fingerprint density at radius 2 is 0.889 bits per heavy atom. The fourth-order valence-electron chi connectivity index (χ4n) is 10.1. The van der Waals surface area contributed by atoms with Crippen LogP contribution < -0.4 is 5.32 Å². The van der Waals surface area contributed by atoms with Gasteiger partial charge in [-0.05, 0) is 77.0 Å². The molecule has 8 unspecified atom stereocenters. The van der Waals surface area contributed by atoms with Gasteiger partial charge >= 0.3 is 5.97 Å². The van der Waals surface area contributed by atoms with E-state index in [2.05, 4.69) is 99.0 Å². The fraction of sp³-hybridized carbons (Fsp3) is 0.771. The molecule has 1 fully saturated rings. The summed E-state index contributed by atoms with van der Waals surface area (Å²) in [5, 5.41) is 57.1. The van der Waals surface area contributed by atoms with Gasteiger partial charge in [0.1, 0.15) is 24.4 Å². The molecule has 0 aromatic heterocycles. The number of hydrogen-bond acceptors (Lipinski definition) is 10. The highest BCUT2D eigenvalue weighted by atomic mass is 16.7. The molecule has 1 saturated heterocycles. The Morgan fingerprint density at radius 1 is 0.494 bits per heavy atom. The average Bonchev–Trinajstić information content (AvgIpc) is 3.51. The van der Waals surface area contributed by atoms with Crippen molar-refractivity contribution in [1.82, 2.24) is 5.32 Å². The molecular weight excluding hydrogens is 1010 g/mol. The number of amides is 1. The summed E-state index contributed by atoms with van der Waals surface area (Å²) in [5.74, 6) is -1.20. The van der Waals surface area contributed by atoms with Crippen molar-refractivity contribution in [2.45, 2.75) is 333 Å². The number of unbranched alkanes of at least 4 members (excludes halogenated alkanes) is 30. The number of hydrogen-bond donors (Lipinski definition) is 6. The Hall–Kier alpha value is -3.16. The molecule has 8 atom stereocenters. The maximum Gasteiger partial charge on any atom is 0.306 e. The van der Waals surface area contributed by atoms with Crippen molar-refractivity contribution >= 4 is 11.9 Å². The van der Waals surface area contributed by atoms with Crippen LogP contribution in [0.15, 0.2) is 85.1 Å². The molecule has 0 aliphatic carbocycles. The van der Waals surface area contributed by atoms with Crippen LogP contribution in [0.1, 0.15) is 284 Å². The van der Waals surface area contributed by atoms with E-state index in [1.807, 2.05) is 6.08 Å². The SMILES string of the molecule is CC/C=C\C/C=C\C/C=C\C/C=C\C/C=C\C/C=C\CCCCCCCCCC(O)C(=O)NC(COC1OC(CO)C(O)C(O)C1OC(=O)CCCCCCCCCCCCCCCCC)C(O)/C=C/CCCCCCCCCCC. The van der Waals surface area contributed by atoms with Crippen LogP contribution in [-0.2, 0) is 23.8 Å². The minimum atomic E-state index is -1.62. The van der Waals surface area contributed by atoms with Crippen LogP contribution in [0.4, 0.5) is 0 Å². The third kappa shape index (κ3) is 45.0. The van der Waals surface area contributed by atoms with E-state index in [9.17, 15) is 35.1 Å².